The molecular formula is C18H21N3O4S. The molecule has 1 aliphatic carbocycles. The Labute approximate surface area is 152 Å². The predicted molar refractivity (Wildman–Crippen MR) is 97.3 cm³/mol. The molecule has 2 aromatic rings. The summed E-state index contributed by atoms with van der Waals surface area (Å²) >= 11 is 0. The Morgan fingerprint density at radius 2 is 1.81 bits per heavy atom. The Kier molecular flexibility index (Phi) is 4.97. The highest BCUT2D eigenvalue weighted by atomic mass is 32.2. The number of carbonyl (C=O) groups is 1. The van der Waals surface area contributed by atoms with Gasteiger partial charge in [0.15, 0.2) is 0 Å². The molecule has 1 saturated carbocycles. The average Bonchev–Trinajstić information content (AvgIpc) is 3.41. The van der Waals surface area contributed by atoms with Crippen molar-refractivity contribution in [1.82, 2.24) is 14.2 Å². The zero-order valence-corrected chi connectivity index (χ0v) is 15.4. The van der Waals surface area contributed by atoms with Crippen LogP contribution in [0.15, 0.2) is 58.4 Å². The van der Waals surface area contributed by atoms with E-state index in [1.165, 1.54) is 37.0 Å². The van der Waals surface area contributed by atoms with E-state index in [2.05, 4.69) is 5.32 Å². The zero-order chi connectivity index (χ0) is 18.9. The van der Waals surface area contributed by atoms with Gasteiger partial charge < -0.3 is 5.32 Å². The van der Waals surface area contributed by atoms with Crippen LogP contribution >= 0.6 is 0 Å². The van der Waals surface area contributed by atoms with Gasteiger partial charge in [-0.15, -0.1) is 0 Å². The molecule has 1 N–H and O–H groups in total. The molecule has 7 nitrogen and oxygen atoms in total. The normalized spacial score (nSPS) is 15.7. The molecule has 3 rings (SSSR count). The summed E-state index contributed by atoms with van der Waals surface area (Å²) < 4.78 is 27.1. The lowest BCUT2D eigenvalue weighted by molar-refractivity contribution is -0.123. The number of hydrogen-bond acceptors (Lipinski definition) is 4. The van der Waals surface area contributed by atoms with Gasteiger partial charge in [-0.25, -0.2) is 12.7 Å². The van der Waals surface area contributed by atoms with Crippen LogP contribution in [0.3, 0.4) is 0 Å². The van der Waals surface area contributed by atoms with E-state index < -0.39 is 21.6 Å². The lowest BCUT2D eigenvalue weighted by Crippen LogP contribution is -2.39. The second-order valence-corrected chi connectivity index (χ2v) is 8.65. The topological polar surface area (TPSA) is 88.5 Å². The van der Waals surface area contributed by atoms with Gasteiger partial charge in [-0.1, -0.05) is 30.3 Å². The Bertz CT molecular complexity index is 963. The van der Waals surface area contributed by atoms with Crippen molar-refractivity contribution in [3.63, 3.8) is 0 Å². The largest absolute Gasteiger partial charge is 0.351 e. The molecule has 1 fully saturated rings. The lowest BCUT2D eigenvalue weighted by atomic mass is 10.1. The van der Waals surface area contributed by atoms with Crippen LogP contribution < -0.4 is 10.9 Å². The van der Waals surface area contributed by atoms with E-state index in [4.69, 9.17) is 0 Å². The highest BCUT2D eigenvalue weighted by Gasteiger charge is 2.30. The van der Waals surface area contributed by atoms with E-state index in [0.29, 0.717) is 5.56 Å². The third kappa shape index (κ3) is 3.71. The molecule has 0 aliphatic heterocycles. The molecule has 1 atom stereocenters. The number of hydrogen-bond donors (Lipinski definition) is 1. The fourth-order valence-electron chi connectivity index (χ4n) is 2.63. The number of aromatic nitrogens is 1. The average molecular weight is 375 g/mol. The van der Waals surface area contributed by atoms with Gasteiger partial charge in [0.25, 0.3) is 5.56 Å². The summed E-state index contributed by atoms with van der Waals surface area (Å²) in [6, 6.07) is 10.5. The van der Waals surface area contributed by atoms with Gasteiger partial charge in [-0.3, -0.25) is 14.2 Å². The summed E-state index contributed by atoms with van der Waals surface area (Å²) in [4.78, 5) is 25.2. The third-order valence-corrected chi connectivity index (χ3v) is 6.05. The van der Waals surface area contributed by atoms with Crippen LogP contribution in [0.2, 0.25) is 0 Å². The van der Waals surface area contributed by atoms with E-state index in [1.807, 2.05) is 6.07 Å². The second-order valence-electron chi connectivity index (χ2n) is 6.49. The van der Waals surface area contributed by atoms with E-state index in [-0.39, 0.29) is 16.8 Å². The molecule has 1 aromatic carbocycles. The van der Waals surface area contributed by atoms with Crippen molar-refractivity contribution in [3.8, 4) is 0 Å². The first-order valence-corrected chi connectivity index (χ1v) is 9.75. The molecule has 0 bridgehead atoms. The van der Waals surface area contributed by atoms with Crippen LogP contribution in [0, 0.1) is 0 Å². The molecule has 1 aromatic heterocycles. The van der Waals surface area contributed by atoms with Gasteiger partial charge in [0.1, 0.15) is 6.04 Å². The van der Waals surface area contributed by atoms with Crippen LogP contribution in [0.1, 0.15) is 24.4 Å². The number of rotatable bonds is 6. The van der Waals surface area contributed by atoms with Crippen molar-refractivity contribution in [1.29, 1.82) is 0 Å². The number of pyridine rings is 1. The maximum absolute atomic E-state index is 12.8. The van der Waals surface area contributed by atoms with E-state index in [0.717, 1.165) is 17.1 Å². The fourth-order valence-corrected chi connectivity index (χ4v) is 3.54. The standard InChI is InChI=1S/C18H21N3O4S/c1-20(2)26(24,25)15-10-11-16(22)21(12-15)17(13-6-4-3-5-7-13)18(23)19-14-8-9-14/h3-7,10-12,14,17H,8-9H2,1-2H3,(H,19,23)/t17-/m1/s1. The minimum absolute atomic E-state index is 0.0396. The maximum Gasteiger partial charge on any atom is 0.251 e. The Morgan fingerprint density at radius 3 is 2.38 bits per heavy atom. The van der Waals surface area contributed by atoms with Crippen molar-refractivity contribution >= 4 is 15.9 Å². The van der Waals surface area contributed by atoms with E-state index in [1.54, 1.807) is 24.3 Å². The van der Waals surface area contributed by atoms with Crippen LogP contribution in [-0.4, -0.2) is 43.3 Å². The second kappa shape index (κ2) is 7.05. The SMILES string of the molecule is CN(C)S(=O)(=O)c1ccc(=O)n([C@@H](C(=O)NC2CC2)c2ccccc2)c1. The van der Waals surface area contributed by atoms with Gasteiger partial charge in [0, 0.05) is 32.4 Å². The van der Waals surface area contributed by atoms with Crippen molar-refractivity contribution < 1.29 is 13.2 Å². The molecule has 0 unspecified atom stereocenters. The summed E-state index contributed by atoms with van der Waals surface area (Å²) in [7, 11) is -0.895. The van der Waals surface area contributed by atoms with Gasteiger partial charge in [-0.2, -0.15) is 0 Å². The van der Waals surface area contributed by atoms with E-state index >= 15 is 0 Å². The van der Waals surface area contributed by atoms with Crippen LogP contribution in [0.5, 0.6) is 0 Å². The molecule has 1 heterocycles. The summed E-state index contributed by atoms with van der Waals surface area (Å²) in [5.74, 6) is -0.319. The molecule has 8 heteroatoms. The quantitative estimate of drug-likeness (QED) is 0.815. The monoisotopic (exact) mass is 375 g/mol. The molecule has 0 saturated heterocycles. The summed E-state index contributed by atoms with van der Waals surface area (Å²) in [5.41, 5.74) is 0.176. The molecule has 0 spiro atoms. The summed E-state index contributed by atoms with van der Waals surface area (Å²) in [6.07, 6.45) is 3.07. The minimum atomic E-state index is -3.73. The summed E-state index contributed by atoms with van der Waals surface area (Å²) in [5, 5.41) is 2.90. The van der Waals surface area contributed by atoms with Crippen LogP contribution in [-0.2, 0) is 14.8 Å². The van der Waals surface area contributed by atoms with Gasteiger partial charge >= 0.3 is 0 Å². The Balaban J connectivity index is 2.11. The number of amides is 1. The highest BCUT2D eigenvalue weighted by Crippen LogP contribution is 2.23. The molecular weight excluding hydrogens is 354 g/mol. The highest BCUT2D eigenvalue weighted by molar-refractivity contribution is 7.89. The first kappa shape index (κ1) is 18.3. The molecule has 138 valence electrons. The van der Waals surface area contributed by atoms with Gasteiger partial charge in [-0.05, 0) is 24.5 Å². The van der Waals surface area contributed by atoms with Gasteiger partial charge in [0.05, 0.1) is 4.90 Å². The number of carbonyl (C=O) groups excluding carboxylic acids is 1. The van der Waals surface area contributed by atoms with Gasteiger partial charge in [0.2, 0.25) is 15.9 Å². The van der Waals surface area contributed by atoms with Crippen LogP contribution in [0.4, 0.5) is 0 Å². The van der Waals surface area contributed by atoms with E-state index in [9.17, 15) is 18.0 Å². The zero-order valence-electron chi connectivity index (χ0n) is 14.6. The maximum atomic E-state index is 12.8. The number of benzene rings is 1. The Morgan fingerprint density at radius 1 is 1.15 bits per heavy atom. The minimum Gasteiger partial charge on any atom is -0.351 e. The van der Waals surface area contributed by atoms with Crippen molar-refractivity contribution in [2.24, 2.45) is 0 Å². The van der Waals surface area contributed by atoms with Crippen molar-refractivity contribution in [3.05, 3.63) is 64.6 Å². The molecule has 1 aliphatic rings. The molecule has 26 heavy (non-hydrogen) atoms. The predicted octanol–water partition coefficient (Wildman–Crippen LogP) is 0.967. The smallest absolute Gasteiger partial charge is 0.251 e. The van der Waals surface area contributed by atoms with Crippen molar-refractivity contribution in [2.75, 3.05) is 14.1 Å². The number of sulfonamides is 1. The fraction of sp³-hybridized carbons (Fsp3) is 0.333. The first-order chi connectivity index (χ1) is 12.3. The Hall–Kier alpha value is -2.45. The lowest BCUT2D eigenvalue weighted by Gasteiger charge is -2.21. The third-order valence-electron chi connectivity index (χ3n) is 4.26. The number of nitrogens with zero attached hydrogens (tertiary/aromatic N) is 2. The van der Waals surface area contributed by atoms with Crippen molar-refractivity contribution in [2.45, 2.75) is 29.8 Å². The molecule has 0 radical (unpaired) electrons. The number of nitrogens with one attached hydrogen (secondary N) is 1. The summed E-state index contributed by atoms with van der Waals surface area (Å²) in [6.45, 7) is 0. The van der Waals surface area contributed by atoms with Crippen LogP contribution in [0.25, 0.3) is 0 Å². The molecule has 1 amide bonds. The first-order valence-electron chi connectivity index (χ1n) is 8.31.